The Morgan fingerprint density at radius 2 is 1.89 bits per heavy atom. The number of carbonyl (C=O) groups excluding carboxylic acids is 1. The first-order chi connectivity index (χ1) is 13.1. The van der Waals surface area contributed by atoms with Crippen LogP contribution < -0.4 is 5.32 Å². The molecule has 0 fully saturated rings. The predicted octanol–water partition coefficient (Wildman–Crippen LogP) is 3.25. The smallest absolute Gasteiger partial charge is 0.276 e. The molecule has 0 unspecified atom stereocenters. The second-order valence-corrected chi connectivity index (χ2v) is 5.90. The Balaban J connectivity index is 1.84. The average Bonchev–Trinajstić information content (AvgIpc) is 3.11. The Morgan fingerprint density at radius 3 is 2.56 bits per heavy atom. The molecule has 0 saturated carbocycles. The summed E-state index contributed by atoms with van der Waals surface area (Å²) in [6, 6.07) is 15.3. The molecule has 1 heterocycles. The van der Waals surface area contributed by atoms with E-state index in [9.17, 15) is 14.9 Å². The molecule has 3 aromatic rings. The lowest BCUT2D eigenvalue weighted by Gasteiger charge is -2.18. The van der Waals surface area contributed by atoms with Crippen molar-refractivity contribution in [2.24, 2.45) is 7.05 Å². The maximum atomic E-state index is 12.5. The number of hydrogen-bond donors (Lipinski definition) is 1. The monoisotopic (exact) mass is 362 g/mol. The van der Waals surface area contributed by atoms with Crippen LogP contribution in [-0.4, -0.2) is 20.4 Å². The van der Waals surface area contributed by atoms with Gasteiger partial charge in [-0.2, -0.15) is 0 Å². The van der Waals surface area contributed by atoms with Crippen LogP contribution in [-0.2, 0) is 11.8 Å². The molecule has 1 amide bonds. The number of amides is 1. The SMILES string of the molecule is Cn1ccnc1[C@@H](NC(=O)/C=C\c1ccccc1[N+](=O)[O-])c1ccccc1. The molecule has 0 aliphatic heterocycles. The average molecular weight is 362 g/mol. The first-order valence-corrected chi connectivity index (χ1v) is 8.30. The first-order valence-electron chi connectivity index (χ1n) is 8.30. The third-order valence-corrected chi connectivity index (χ3v) is 4.08. The normalized spacial score (nSPS) is 12.0. The third kappa shape index (κ3) is 4.27. The van der Waals surface area contributed by atoms with Gasteiger partial charge in [0.25, 0.3) is 5.69 Å². The molecule has 0 radical (unpaired) electrons. The molecule has 3 rings (SSSR count). The van der Waals surface area contributed by atoms with Crippen molar-refractivity contribution >= 4 is 17.7 Å². The number of rotatable bonds is 6. The van der Waals surface area contributed by atoms with Crippen molar-refractivity contribution in [2.75, 3.05) is 0 Å². The van der Waals surface area contributed by atoms with Crippen LogP contribution in [0.25, 0.3) is 6.08 Å². The number of carbonyl (C=O) groups is 1. The van der Waals surface area contributed by atoms with Crippen molar-refractivity contribution in [1.29, 1.82) is 0 Å². The fourth-order valence-electron chi connectivity index (χ4n) is 2.75. The van der Waals surface area contributed by atoms with E-state index in [2.05, 4.69) is 10.3 Å². The van der Waals surface area contributed by atoms with E-state index in [1.165, 1.54) is 18.2 Å². The van der Waals surface area contributed by atoms with Crippen molar-refractivity contribution in [1.82, 2.24) is 14.9 Å². The molecule has 1 atom stereocenters. The minimum atomic E-state index is -0.474. The summed E-state index contributed by atoms with van der Waals surface area (Å²) < 4.78 is 1.84. The molecule has 0 aliphatic rings. The van der Waals surface area contributed by atoms with Crippen LogP contribution in [0.1, 0.15) is 23.0 Å². The van der Waals surface area contributed by atoms with Gasteiger partial charge >= 0.3 is 0 Å². The Bertz CT molecular complexity index is 980. The van der Waals surface area contributed by atoms with Crippen LogP contribution in [0.15, 0.2) is 73.1 Å². The van der Waals surface area contributed by atoms with Crippen LogP contribution in [0, 0.1) is 10.1 Å². The number of nitrogens with zero attached hydrogens (tertiary/aromatic N) is 3. The number of nitro benzene ring substituents is 1. The summed E-state index contributed by atoms with van der Waals surface area (Å²) in [4.78, 5) is 27.4. The number of aromatic nitrogens is 2. The quantitative estimate of drug-likeness (QED) is 0.414. The van der Waals surface area contributed by atoms with Crippen LogP contribution in [0.3, 0.4) is 0 Å². The zero-order valence-electron chi connectivity index (χ0n) is 14.6. The standard InChI is InChI=1S/C20H18N4O3/c1-23-14-13-21-20(23)19(16-8-3-2-4-9-16)22-18(25)12-11-15-7-5-6-10-17(15)24(26)27/h2-14,19H,1H3,(H,22,25)/b12-11-/t19-/m0/s1. The minimum absolute atomic E-state index is 0.0507. The third-order valence-electron chi connectivity index (χ3n) is 4.08. The molecule has 0 spiro atoms. The van der Waals surface area contributed by atoms with Crippen molar-refractivity contribution < 1.29 is 9.72 Å². The molecule has 0 aliphatic carbocycles. The topological polar surface area (TPSA) is 90.1 Å². The number of para-hydroxylation sites is 1. The Hall–Kier alpha value is -3.74. The molecular weight excluding hydrogens is 344 g/mol. The van der Waals surface area contributed by atoms with Crippen LogP contribution in [0.5, 0.6) is 0 Å². The summed E-state index contributed by atoms with van der Waals surface area (Å²) in [5, 5.41) is 14.0. The van der Waals surface area contributed by atoms with Gasteiger partial charge in [-0.3, -0.25) is 14.9 Å². The van der Waals surface area contributed by atoms with Crippen molar-refractivity contribution in [2.45, 2.75) is 6.04 Å². The van der Waals surface area contributed by atoms with E-state index in [1.807, 2.05) is 41.9 Å². The van der Waals surface area contributed by atoms with E-state index < -0.39 is 11.0 Å². The Morgan fingerprint density at radius 1 is 1.19 bits per heavy atom. The molecular formula is C20H18N4O3. The van der Waals surface area contributed by atoms with Gasteiger partial charge in [0.2, 0.25) is 5.91 Å². The van der Waals surface area contributed by atoms with Crippen LogP contribution >= 0.6 is 0 Å². The van der Waals surface area contributed by atoms with Crippen LogP contribution in [0.2, 0.25) is 0 Å². The summed E-state index contributed by atoms with van der Waals surface area (Å²) in [5.74, 6) is 0.318. The van der Waals surface area contributed by atoms with E-state index >= 15 is 0 Å². The number of benzene rings is 2. The molecule has 2 aromatic carbocycles. The zero-order valence-corrected chi connectivity index (χ0v) is 14.6. The van der Waals surface area contributed by atoms with Gasteiger partial charge in [-0.25, -0.2) is 4.98 Å². The van der Waals surface area contributed by atoms with Gasteiger partial charge in [0.1, 0.15) is 11.9 Å². The van der Waals surface area contributed by atoms with Gasteiger partial charge in [0.05, 0.1) is 10.5 Å². The largest absolute Gasteiger partial charge is 0.339 e. The Kier molecular flexibility index (Phi) is 5.41. The molecule has 7 nitrogen and oxygen atoms in total. The summed E-state index contributed by atoms with van der Waals surface area (Å²) in [7, 11) is 1.85. The second-order valence-electron chi connectivity index (χ2n) is 5.90. The summed E-state index contributed by atoms with van der Waals surface area (Å²) in [6.45, 7) is 0. The van der Waals surface area contributed by atoms with E-state index in [-0.39, 0.29) is 11.6 Å². The van der Waals surface area contributed by atoms with Gasteiger partial charge in [-0.15, -0.1) is 0 Å². The minimum Gasteiger partial charge on any atom is -0.339 e. The van der Waals surface area contributed by atoms with Crippen molar-refractivity contribution in [3.05, 3.63) is 100 Å². The molecule has 136 valence electrons. The lowest BCUT2D eigenvalue weighted by molar-refractivity contribution is -0.385. The van der Waals surface area contributed by atoms with Gasteiger partial charge in [0, 0.05) is 31.6 Å². The fraction of sp³-hybridized carbons (Fsp3) is 0.100. The van der Waals surface area contributed by atoms with E-state index in [0.717, 1.165) is 5.56 Å². The highest BCUT2D eigenvalue weighted by molar-refractivity contribution is 5.92. The number of nitro groups is 1. The van der Waals surface area contributed by atoms with Crippen molar-refractivity contribution in [3.63, 3.8) is 0 Å². The number of aryl methyl sites for hydroxylation is 1. The van der Waals surface area contributed by atoms with Gasteiger partial charge < -0.3 is 9.88 Å². The number of imidazole rings is 1. The van der Waals surface area contributed by atoms with E-state index in [1.54, 1.807) is 30.6 Å². The van der Waals surface area contributed by atoms with Gasteiger partial charge in [-0.05, 0) is 17.7 Å². The molecule has 7 heteroatoms. The fourth-order valence-corrected chi connectivity index (χ4v) is 2.75. The van der Waals surface area contributed by atoms with Crippen molar-refractivity contribution in [3.8, 4) is 0 Å². The lowest BCUT2D eigenvalue weighted by atomic mass is 10.1. The first kappa shape index (κ1) is 18.1. The molecule has 0 saturated heterocycles. The van der Waals surface area contributed by atoms with E-state index in [0.29, 0.717) is 11.4 Å². The molecule has 0 bridgehead atoms. The predicted molar refractivity (Wildman–Crippen MR) is 102 cm³/mol. The van der Waals surface area contributed by atoms with Gasteiger partial charge in [0.15, 0.2) is 0 Å². The maximum Gasteiger partial charge on any atom is 0.276 e. The van der Waals surface area contributed by atoms with Crippen LogP contribution in [0.4, 0.5) is 5.69 Å². The number of nitrogens with one attached hydrogen (secondary N) is 1. The maximum absolute atomic E-state index is 12.5. The van der Waals surface area contributed by atoms with Gasteiger partial charge in [-0.1, -0.05) is 42.5 Å². The highest BCUT2D eigenvalue weighted by Crippen LogP contribution is 2.21. The summed E-state index contributed by atoms with van der Waals surface area (Å²) in [6.07, 6.45) is 6.20. The summed E-state index contributed by atoms with van der Waals surface area (Å²) in [5.41, 5.74) is 1.20. The zero-order chi connectivity index (χ0) is 19.2. The Labute approximate surface area is 156 Å². The highest BCUT2D eigenvalue weighted by atomic mass is 16.6. The van der Waals surface area contributed by atoms with E-state index in [4.69, 9.17) is 0 Å². The molecule has 1 aromatic heterocycles. The summed E-state index contributed by atoms with van der Waals surface area (Å²) >= 11 is 0. The highest BCUT2D eigenvalue weighted by Gasteiger charge is 2.19. The molecule has 1 N–H and O–H groups in total. The lowest BCUT2D eigenvalue weighted by Crippen LogP contribution is -2.29. The number of hydrogen-bond acceptors (Lipinski definition) is 4. The molecule has 27 heavy (non-hydrogen) atoms. The second kappa shape index (κ2) is 8.09.